The zero-order valence-corrected chi connectivity index (χ0v) is 16.5. The first kappa shape index (κ1) is 19.3. The summed E-state index contributed by atoms with van der Waals surface area (Å²) in [6.07, 6.45) is 0. The molecule has 3 aliphatic rings. The molecule has 2 amide bonds. The Labute approximate surface area is 183 Å². The first-order valence-electron chi connectivity index (χ1n) is 9.72. The van der Waals surface area contributed by atoms with Gasteiger partial charge in [-0.25, -0.2) is 13.7 Å². The monoisotopic (exact) mass is 454 g/mol. The van der Waals surface area contributed by atoms with Gasteiger partial charge >= 0.3 is 0 Å². The van der Waals surface area contributed by atoms with Crippen LogP contribution in [-0.2, 0) is 16.1 Å². The molecule has 0 bridgehead atoms. The Bertz CT molecular complexity index is 1340. The van der Waals surface area contributed by atoms with Crippen LogP contribution in [0.25, 0.3) is 11.4 Å². The molecule has 1 fully saturated rings. The normalized spacial score (nSPS) is 20.8. The van der Waals surface area contributed by atoms with Crippen molar-refractivity contribution in [3.63, 3.8) is 0 Å². The highest BCUT2D eigenvalue weighted by molar-refractivity contribution is 6.25. The summed E-state index contributed by atoms with van der Waals surface area (Å²) in [5, 5.41) is 13.0. The van der Waals surface area contributed by atoms with Crippen molar-refractivity contribution in [2.75, 3.05) is 11.7 Å². The summed E-state index contributed by atoms with van der Waals surface area (Å²) in [5.74, 6) is -2.03. The molecule has 0 spiro atoms. The Balaban J connectivity index is 1.22. The Kier molecular flexibility index (Phi) is 4.12. The molecular formula is C20H12F2N6O5. The maximum atomic E-state index is 13.6. The van der Waals surface area contributed by atoms with Gasteiger partial charge in [0.2, 0.25) is 18.5 Å². The maximum Gasteiger partial charge on any atom is 0.263 e. The number of imide groups is 1. The van der Waals surface area contributed by atoms with Crippen LogP contribution in [-0.4, -0.2) is 45.8 Å². The van der Waals surface area contributed by atoms with E-state index < -0.39 is 35.5 Å². The SMILES string of the molecule is O=C1[C@@H]2[C@@H](N=NN2Cc2nc(-c3ccc4c(c3)OCO4)no2)C(=O)N1c1ccc(F)c(F)c1. The number of hydrogen-bond acceptors (Lipinski definition) is 10. The topological polar surface area (TPSA) is 123 Å². The van der Waals surface area contributed by atoms with Crippen molar-refractivity contribution in [1.29, 1.82) is 0 Å². The standard InChI is InChI=1S/C20H12F2N6O5/c21-11-3-2-10(6-12(11)22)28-19(29)16-17(20(28)30)27(26-24-16)7-15-23-18(25-33-15)9-1-4-13-14(5-9)32-8-31-13/h1-6,16-17H,7-8H2/t16-,17+/m1/s1. The van der Waals surface area contributed by atoms with Crippen LogP contribution < -0.4 is 14.4 Å². The van der Waals surface area contributed by atoms with E-state index in [-0.39, 0.29) is 30.7 Å². The number of aromatic nitrogens is 2. The molecule has 2 atom stereocenters. The van der Waals surface area contributed by atoms with Gasteiger partial charge in [0.15, 0.2) is 35.2 Å². The van der Waals surface area contributed by atoms with Gasteiger partial charge in [-0.3, -0.25) is 14.6 Å². The molecule has 0 N–H and O–H groups in total. The molecule has 3 aromatic rings. The number of nitrogens with zero attached hydrogens (tertiary/aromatic N) is 6. The van der Waals surface area contributed by atoms with E-state index in [9.17, 15) is 18.4 Å². The zero-order valence-electron chi connectivity index (χ0n) is 16.5. The molecule has 0 unspecified atom stereocenters. The third kappa shape index (κ3) is 3.00. The lowest BCUT2D eigenvalue weighted by Crippen LogP contribution is -2.39. The number of halogens is 2. The average Bonchev–Trinajstić information content (AvgIpc) is 3.57. The number of amides is 2. The van der Waals surface area contributed by atoms with Gasteiger partial charge in [-0.05, 0) is 30.3 Å². The van der Waals surface area contributed by atoms with Gasteiger partial charge in [0.05, 0.1) is 5.69 Å². The van der Waals surface area contributed by atoms with E-state index in [1.807, 2.05) is 0 Å². The summed E-state index contributed by atoms with van der Waals surface area (Å²) in [7, 11) is 0. The fourth-order valence-electron chi connectivity index (χ4n) is 3.84. The zero-order chi connectivity index (χ0) is 22.7. The molecule has 0 radical (unpaired) electrons. The number of benzene rings is 2. The van der Waals surface area contributed by atoms with Crippen LogP contribution in [0.1, 0.15) is 5.89 Å². The molecule has 33 heavy (non-hydrogen) atoms. The summed E-state index contributed by atoms with van der Waals surface area (Å²) in [5.41, 5.74) is 0.545. The quantitative estimate of drug-likeness (QED) is 0.550. The first-order valence-corrected chi connectivity index (χ1v) is 9.72. The predicted octanol–water partition coefficient (Wildman–Crippen LogP) is 2.24. The summed E-state index contributed by atoms with van der Waals surface area (Å²) in [6, 6.07) is 5.77. The van der Waals surface area contributed by atoms with Crippen molar-refractivity contribution in [2.24, 2.45) is 10.3 Å². The third-order valence-corrected chi connectivity index (χ3v) is 5.42. The fourth-order valence-corrected chi connectivity index (χ4v) is 3.84. The average molecular weight is 454 g/mol. The van der Waals surface area contributed by atoms with E-state index in [2.05, 4.69) is 20.5 Å². The molecule has 11 nitrogen and oxygen atoms in total. The number of fused-ring (bicyclic) bond motifs is 2. The Morgan fingerprint density at radius 1 is 1.00 bits per heavy atom. The first-order chi connectivity index (χ1) is 16.0. The number of carbonyl (C=O) groups is 2. The molecule has 3 aliphatic heterocycles. The minimum Gasteiger partial charge on any atom is -0.454 e. The molecule has 4 heterocycles. The van der Waals surface area contributed by atoms with Gasteiger partial charge in [-0.15, -0.1) is 0 Å². The lowest BCUT2D eigenvalue weighted by atomic mass is 10.1. The van der Waals surface area contributed by atoms with E-state index >= 15 is 0 Å². The van der Waals surface area contributed by atoms with Crippen LogP contribution in [0.2, 0.25) is 0 Å². The Morgan fingerprint density at radius 3 is 2.70 bits per heavy atom. The van der Waals surface area contributed by atoms with Crippen molar-refractivity contribution in [2.45, 2.75) is 18.6 Å². The number of carbonyl (C=O) groups excluding carboxylic acids is 2. The highest BCUT2D eigenvalue weighted by Gasteiger charge is 2.55. The van der Waals surface area contributed by atoms with Crippen molar-refractivity contribution in [3.8, 4) is 22.9 Å². The lowest BCUT2D eigenvalue weighted by molar-refractivity contribution is -0.123. The van der Waals surface area contributed by atoms with Crippen molar-refractivity contribution in [1.82, 2.24) is 15.1 Å². The lowest BCUT2D eigenvalue weighted by Gasteiger charge is -2.19. The molecular weight excluding hydrogens is 442 g/mol. The Morgan fingerprint density at radius 2 is 1.85 bits per heavy atom. The van der Waals surface area contributed by atoms with Crippen LogP contribution in [0.5, 0.6) is 11.5 Å². The van der Waals surface area contributed by atoms with Gasteiger partial charge in [-0.1, -0.05) is 10.4 Å². The second kappa shape index (κ2) is 7.05. The summed E-state index contributed by atoms with van der Waals surface area (Å²) in [4.78, 5) is 30.8. The second-order valence-corrected chi connectivity index (χ2v) is 7.38. The van der Waals surface area contributed by atoms with Gasteiger partial charge in [-0.2, -0.15) is 10.1 Å². The molecule has 6 rings (SSSR count). The number of anilines is 1. The van der Waals surface area contributed by atoms with Crippen LogP contribution in [0, 0.1) is 11.6 Å². The second-order valence-electron chi connectivity index (χ2n) is 7.38. The van der Waals surface area contributed by atoms with Crippen molar-refractivity contribution in [3.05, 3.63) is 53.9 Å². The van der Waals surface area contributed by atoms with E-state index in [0.29, 0.717) is 17.1 Å². The molecule has 0 saturated carbocycles. The summed E-state index contributed by atoms with van der Waals surface area (Å²) < 4.78 is 42.8. The van der Waals surface area contributed by atoms with E-state index in [4.69, 9.17) is 14.0 Å². The highest BCUT2D eigenvalue weighted by Crippen LogP contribution is 2.36. The molecule has 166 valence electrons. The predicted molar refractivity (Wildman–Crippen MR) is 103 cm³/mol. The maximum absolute atomic E-state index is 13.6. The number of ether oxygens (including phenoxy) is 2. The molecule has 1 aromatic heterocycles. The largest absolute Gasteiger partial charge is 0.454 e. The van der Waals surface area contributed by atoms with Gasteiger partial charge in [0.1, 0.15) is 6.54 Å². The molecule has 1 saturated heterocycles. The van der Waals surface area contributed by atoms with Crippen molar-refractivity contribution < 1.29 is 32.4 Å². The van der Waals surface area contributed by atoms with Gasteiger partial charge in [0, 0.05) is 11.6 Å². The van der Waals surface area contributed by atoms with Gasteiger partial charge < -0.3 is 14.0 Å². The summed E-state index contributed by atoms with van der Waals surface area (Å²) in [6.45, 7) is 0.0417. The summed E-state index contributed by atoms with van der Waals surface area (Å²) >= 11 is 0. The Hall–Kier alpha value is -4.42. The molecule has 2 aromatic carbocycles. The van der Waals surface area contributed by atoms with Crippen LogP contribution in [0.15, 0.2) is 51.3 Å². The molecule has 0 aliphatic carbocycles. The van der Waals surface area contributed by atoms with Crippen LogP contribution in [0.4, 0.5) is 14.5 Å². The fraction of sp³-hybridized carbons (Fsp3) is 0.200. The highest BCUT2D eigenvalue weighted by atomic mass is 19.2. The number of rotatable bonds is 4. The third-order valence-electron chi connectivity index (χ3n) is 5.42. The minimum absolute atomic E-state index is 0.0867. The molecule has 13 heteroatoms. The number of hydrogen-bond donors (Lipinski definition) is 0. The van der Waals surface area contributed by atoms with E-state index in [1.54, 1.807) is 18.2 Å². The van der Waals surface area contributed by atoms with E-state index in [1.165, 1.54) is 5.01 Å². The van der Waals surface area contributed by atoms with Crippen LogP contribution in [0.3, 0.4) is 0 Å². The van der Waals surface area contributed by atoms with E-state index in [0.717, 1.165) is 23.1 Å². The minimum atomic E-state index is -1.18. The smallest absolute Gasteiger partial charge is 0.263 e. The van der Waals surface area contributed by atoms with Crippen LogP contribution >= 0.6 is 0 Å². The van der Waals surface area contributed by atoms with Crippen molar-refractivity contribution >= 4 is 17.5 Å². The van der Waals surface area contributed by atoms with Gasteiger partial charge in [0.25, 0.3) is 11.8 Å².